The molecule has 0 aliphatic rings. The van der Waals surface area contributed by atoms with Crippen molar-refractivity contribution in [1.82, 2.24) is 0 Å². The molecule has 0 amide bonds. The summed E-state index contributed by atoms with van der Waals surface area (Å²) in [7, 11) is 0. The van der Waals surface area contributed by atoms with Crippen LogP contribution in [0.1, 0.15) is 55.4 Å². The quantitative estimate of drug-likeness (QED) is 0.557. The molecule has 1 rings (SSSR count). The largest absolute Gasteiger partial charge is 0.103 e. The third-order valence-electron chi connectivity index (χ3n) is 1.37. The summed E-state index contributed by atoms with van der Waals surface area (Å²) in [6.45, 7) is 23.1. The molecule has 0 nitrogen and oxygen atoms in total. The van der Waals surface area contributed by atoms with Crippen molar-refractivity contribution in [2.24, 2.45) is 0 Å². The van der Waals surface area contributed by atoms with E-state index < -0.39 is 0 Å². The minimum Gasteiger partial charge on any atom is -0.103 e. The molecule has 0 N–H and O–H groups in total. The van der Waals surface area contributed by atoms with Crippen LogP contribution >= 0.6 is 0 Å². The molecule has 0 aliphatic heterocycles. The molecule has 0 fully saturated rings. The highest BCUT2D eigenvalue weighted by Crippen LogP contribution is 1.68. The van der Waals surface area contributed by atoms with Gasteiger partial charge in [0.25, 0.3) is 0 Å². The van der Waals surface area contributed by atoms with Crippen LogP contribution in [0.5, 0.6) is 0 Å². The maximum absolute atomic E-state index is 3.86. The molecule has 1 aromatic carbocycles. The van der Waals surface area contributed by atoms with E-state index in [9.17, 15) is 0 Å². The first-order valence-electron chi connectivity index (χ1n) is 7.03. The van der Waals surface area contributed by atoms with Crippen molar-refractivity contribution in [1.29, 1.82) is 0 Å². The van der Waals surface area contributed by atoms with Crippen LogP contribution < -0.4 is 10.4 Å². The van der Waals surface area contributed by atoms with Gasteiger partial charge in [-0.3, -0.25) is 0 Å². The van der Waals surface area contributed by atoms with E-state index in [-0.39, 0.29) is 0 Å². The van der Waals surface area contributed by atoms with Crippen molar-refractivity contribution in [2.45, 2.75) is 55.4 Å². The zero-order valence-electron chi connectivity index (χ0n) is 13.9. The highest BCUT2D eigenvalue weighted by atomic mass is 13.8. The molecule has 0 heterocycles. The first-order valence-corrected chi connectivity index (χ1v) is 7.03. The van der Waals surface area contributed by atoms with E-state index in [1.807, 2.05) is 73.6 Å². The second kappa shape index (κ2) is 29.6. The molecule has 18 heavy (non-hydrogen) atoms. The molecule has 0 saturated carbocycles. The second-order valence-electron chi connectivity index (χ2n) is 2.40. The Hall–Kier alpha value is -1.30. The molecule has 0 aromatic heterocycles. The molecule has 0 saturated heterocycles. The van der Waals surface area contributed by atoms with Crippen molar-refractivity contribution in [2.75, 3.05) is 0 Å². The van der Waals surface area contributed by atoms with Crippen molar-refractivity contribution in [3.05, 3.63) is 47.4 Å². The van der Waals surface area contributed by atoms with E-state index in [0.29, 0.717) is 0 Å². The summed E-state index contributed by atoms with van der Waals surface area (Å²) < 4.78 is 0. The highest BCUT2D eigenvalue weighted by Gasteiger charge is 1.74. The maximum Gasteiger partial charge on any atom is -0.0233 e. The summed E-state index contributed by atoms with van der Waals surface area (Å²) in [5.41, 5.74) is 0. The molecule has 0 atom stereocenters. The summed E-state index contributed by atoms with van der Waals surface area (Å²) in [6.07, 6.45) is 3.81. The Bertz CT molecular complexity index is 320. The third kappa shape index (κ3) is 20.2. The van der Waals surface area contributed by atoms with Crippen LogP contribution in [0, 0.1) is 0 Å². The Labute approximate surface area is 116 Å². The van der Waals surface area contributed by atoms with Gasteiger partial charge >= 0.3 is 0 Å². The fraction of sp³-hybridized carbons (Fsp3) is 0.444. The Balaban J connectivity index is -0.0000000925. The molecule has 106 valence electrons. The Kier molecular flexibility index (Phi) is 42.0. The van der Waals surface area contributed by atoms with E-state index in [0.717, 1.165) is 5.22 Å². The molecule has 0 spiro atoms. The van der Waals surface area contributed by atoms with Gasteiger partial charge in [0, 0.05) is 0 Å². The van der Waals surface area contributed by atoms with Crippen LogP contribution in [0.3, 0.4) is 0 Å². The predicted molar refractivity (Wildman–Crippen MR) is 91.3 cm³/mol. The number of hydrogen-bond acceptors (Lipinski definition) is 0. The zero-order valence-corrected chi connectivity index (χ0v) is 13.9. The first-order chi connectivity index (χ1) is 8.76. The molecule has 0 radical (unpaired) electrons. The summed E-state index contributed by atoms with van der Waals surface area (Å²) in [4.78, 5) is 0. The average molecular weight is 250 g/mol. The van der Waals surface area contributed by atoms with Crippen LogP contribution in [0.4, 0.5) is 0 Å². The smallest absolute Gasteiger partial charge is 0.0233 e. The van der Waals surface area contributed by atoms with Gasteiger partial charge in [0.15, 0.2) is 0 Å². The standard InChI is InChI=1S/C9H10.C3H6.3C2H6/c1-3-9-7-5-4-6-8(9)2;1-3-2;3*1-2/h3-7H,2H2,1H3;3H,1H2,2H3;3*1-2H3/b9-3-;;;;. The Morgan fingerprint density at radius 1 is 0.833 bits per heavy atom. The number of hydrogen-bond donors (Lipinski definition) is 0. The van der Waals surface area contributed by atoms with E-state index in [1.165, 1.54) is 5.22 Å². The van der Waals surface area contributed by atoms with Gasteiger partial charge in [-0.2, -0.15) is 0 Å². The minimum absolute atomic E-state index is 1.10. The van der Waals surface area contributed by atoms with Crippen molar-refractivity contribution >= 4 is 12.7 Å². The van der Waals surface area contributed by atoms with Gasteiger partial charge in [0.2, 0.25) is 0 Å². The van der Waals surface area contributed by atoms with Gasteiger partial charge in [-0.1, -0.05) is 84.5 Å². The molecular formula is C18H34. The van der Waals surface area contributed by atoms with Gasteiger partial charge in [0.1, 0.15) is 0 Å². The van der Waals surface area contributed by atoms with E-state index in [1.54, 1.807) is 6.08 Å². The monoisotopic (exact) mass is 250 g/mol. The summed E-state index contributed by atoms with van der Waals surface area (Å²) in [6, 6.07) is 8.08. The molecule has 1 aromatic rings. The number of benzene rings is 1. The van der Waals surface area contributed by atoms with Crippen molar-refractivity contribution < 1.29 is 0 Å². The summed E-state index contributed by atoms with van der Waals surface area (Å²) in [5.74, 6) is 0. The molecular weight excluding hydrogens is 216 g/mol. The van der Waals surface area contributed by atoms with E-state index >= 15 is 0 Å². The summed E-state index contributed by atoms with van der Waals surface area (Å²) in [5, 5.41) is 2.32. The Morgan fingerprint density at radius 3 is 1.39 bits per heavy atom. The molecule has 0 aliphatic carbocycles. The third-order valence-corrected chi connectivity index (χ3v) is 1.37. The van der Waals surface area contributed by atoms with Gasteiger partial charge in [-0.15, -0.1) is 6.58 Å². The van der Waals surface area contributed by atoms with Gasteiger partial charge in [0.05, 0.1) is 0 Å². The normalized spacial score (nSPS) is 7.67. The fourth-order valence-electron chi connectivity index (χ4n) is 0.816. The Morgan fingerprint density at radius 2 is 1.17 bits per heavy atom. The van der Waals surface area contributed by atoms with Crippen molar-refractivity contribution in [3.63, 3.8) is 0 Å². The molecule has 0 heteroatoms. The number of allylic oxidation sites excluding steroid dienone is 1. The summed E-state index contributed by atoms with van der Waals surface area (Å²) >= 11 is 0. The number of rotatable bonds is 0. The van der Waals surface area contributed by atoms with Gasteiger partial charge in [-0.05, 0) is 24.3 Å². The lowest BCUT2D eigenvalue weighted by atomic mass is 10.2. The SMILES string of the molecule is C=CC.C=c1cccc/c1=C/C.CC.CC.CC. The van der Waals surface area contributed by atoms with E-state index in [4.69, 9.17) is 0 Å². The molecule has 0 unspecified atom stereocenters. The van der Waals surface area contributed by atoms with E-state index in [2.05, 4.69) is 25.3 Å². The maximum atomic E-state index is 3.86. The van der Waals surface area contributed by atoms with Crippen molar-refractivity contribution in [3.8, 4) is 0 Å². The fourth-order valence-corrected chi connectivity index (χ4v) is 0.816. The lowest BCUT2D eigenvalue weighted by molar-refractivity contribution is 1.50. The van der Waals surface area contributed by atoms with Gasteiger partial charge < -0.3 is 0 Å². The first kappa shape index (κ1) is 25.5. The minimum atomic E-state index is 1.10. The molecule has 0 bridgehead atoms. The predicted octanol–water partition coefficient (Wildman–Crippen LogP) is 5.17. The topological polar surface area (TPSA) is 0 Å². The van der Waals surface area contributed by atoms with Crippen LogP contribution in [0.15, 0.2) is 36.9 Å². The highest BCUT2D eigenvalue weighted by molar-refractivity contribution is 5.23. The van der Waals surface area contributed by atoms with Crippen LogP contribution in [0.2, 0.25) is 0 Å². The van der Waals surface area contributed by atoms with Crippen LogP contribution in [-0.4, -0.2) is 0 Å². The van der Waals surface area contributed by atoms with Crippen LogP contribution in [0.25, 0.3) is 12.7 Å². The zero-order chi connectivity index (χ0) is 15.4. The second-order valence-corrected chi connectivity index (χ2v) is 2.40. The average Bonchev–Trinajstić information content (AvgIpc) is 2.47. The lowest BCUT2D eigenvalue weighted by Crippen LogP contribution is -2.20. The van der Waals surface area contributed by atoms with Gasteiger partial charge in [-0.25, -0.2) is 0 Å². The van der Waals surface area contributed by atoms with Crippen LogP contribution in [-0.2, 0) is 0 Å². The lowest BCUT2D eigenvalue weighted by Gasteiger charge is -1.82.